The van der Waals surface area contributed by atoms with Crippen LogP contribution in [-0.2, 0) is 0 Å². The summed E-state index contributed by atoms with van der Waals surface area (Å²) < 4.78 is 10.2. The number of aromatic nitrogens is 1. The summed E-state index contributed by atoms with van der Waals surface area (Å²) in [6, 6.07) is 3.65. The highest BCUT2D eigenvalue weighted by molar-refractivity contribution is 5.71. The highest BCUT2D eigenvalue weighted by Gasteiger charge is 2.19. The largest absolute Gasteiger partial charge is 0.464 e. The fourth-order valence-electron chi connectivity index (χ4n) is 1.38. The first kappa shape index (κ1) is 8.87. The summed E-state index contributed by atoms with van der Waals surface area (Å²) in [6.45, 7) is 4.06. The van der Waals surface area contributed by atoms with Gasteiger partial charge in [0.25, 0.3) is 0 Å². The number of rotatable bonds is 2. The number of anilines is 1. The molecule has 0 amide bonds. The van der Waals surface area contributed by atoms with Crippen molar-refractivity contribution in [1.29, 1.82) is 0 Å². The van der Waals surface area contributed by atoms with Crippen LogP contribution in [0.1, 0.15) is 25.5 Å². The summed E-state index contributed by atoms with van der Waals surface area (Å²) in [5.74, 6) is 1.27. The van der Waals surface area contributed by atoms with Gasteiger partial charge >= 0.3 is 0 Å². The number of furan rings is 1. The molecule has 0 bridgehead atoms. The van der Waals surface area contributed by atoms with Gasteiger partial charge in [-0.2, -0.15) is 0 Å². The second-order valence-corrected chi connectivity index (χ2v) is 3.44. The number of nitrogens with zero attached hydrogens (tertiary/aromatic N) is 1. The van der Waals surface area contributed by atoms with E-state index >= 15 is 0 Å². The normalized spacial score (nSPS) is 11.1. The standard InChI is InChI=1S/C10H12N2O2/c1-6(2)9-8(10(11)14-12-9)7-4-3-5-13-7/h3-6H,11H2,1-2H3. The van der Waals surface area contributed by atoms with Crippen molar-refractivity contribution >= 4 is 5.88 Å². The van der Waals surface area contributed by atoms with Gasteiger partial charge in [-0.15, -0.1) is 0 Å². The van der Waals surface area contributed by atoms with E-state index in [2.05, 4.69) is 5.16 Å². The number of nitrogens with two attached hydrogens (primary N) is 1. The number of hydrogen-bond acceptors (Lipinski definition) is 4. The van der Waals surface area contributed by atoms with E-state index in [0.29, 0.717) is 11.6 Å². The van der Waals surface area contributed by atoms with Crippen LogP contribution in [0.2, 0.25) is 0 Å². The van der Waals surface area contributed by atoms with Gasteiger partial charge in [-0.25, -0.2) is 0 Å². The van der Waals surface area contributed by atoms with E-state index in [4.69, 9.17) is 14.7 Å². The molecule has 0 saturated heterocycles. The molecule has 0 aromatic carbocycles. The van der Waals surface area contributed by atoms with Gasteiger partial charge in [0.05, 0.1) is 12.0 Å². The molecule has 0 radical (unpaired) electrons. The molecule has 0 aliphatic heterocycles. The van der Waals surface area contributed by atoms with Gasteiger partial charge in [-0.05, 0) is 18.1 Å². The van der Waals surface area contributed by atoms with Crippen molar-refractivity contribution in [3.8, 4) is 11.3 Å². The Balaban J connectivity index is 2.56. The lowest BCUT2D eigenvalue weighted by molar-refractivity contribution is 0.424. The maximum atomic E-state index is 5.68. The molecule has 14 heavy (non-hydrogen) atoms. The molecule has 2 N–H and O–H groups in total. The van der Waals surface area contributed by atoms with Gasteiger partial charge in [-0.1, -0.05) is 19.0 Å². The van der Waals surface area contributed by atoms with Gasteiger partial charge in [0.2, 0.25) is 5.88 Å². The van der Waals surface area contributed by atoms with Crippen molar-refractivity contribution < 1.29 is 8.94 Å². The zero-order valence-corrected chi connectivity index (χ0v) is 8.15. The molecular formula is C10H12N2O2. The molecule has 0 unspecified atom stereocenters. The monoisotopic (exact) mass is 192 g/mol. The molecule has 2 rings (SSSR count). The van der Waals surface area contributed by atoms with E-state index in [1.807, 2.05) is 26.0 Å². The lowest BCUT2D eigenvalue weighted by Crippen LogP contribution is -1.91. The predicted molar refractivity (Wildman–Crippen MR) is 52.7 cm³/mol. The smallest absolute Gasteiger partial charge is 0.233 e. The van der Waals surface area contributed by atoms with Crippen LogP contribution in [0.4, 0.5) is 5.88 Å². The Labute approximate surface area is 81.7 Å². The average molecular weight is 192 g/mol. The summed E-state index contributed by atoms with van der Waals surface area (Å²) in [4.78, 5) is 0. The summed E-state index contributed by atoms with van der Waals surface area (Å²) >= 11 is 0. The van der Waals surface area contributed by atoms with E-state index < -0.39 is 0 Å². The third-order valence-corrected chi connectivity index (χ3v) is 2.06. The Morgan fingerprint density at radius 2 is 2.21 bits per heavy atom. The first-order chi connectivity index (χ1) is 6.70. The summed E-state index contributed by atoms with van der Waals surface area (Å²) in [5, 5.41) is 3.91. The van der Waals surface area contributed by atoms with Crippen LogP contribution >= 0.6 is 0 Å². The third-order valence-electron chi connectivity index (χ3n) is 2.06. The maximum absolute atomic E-state index is 5.68. The fraction of sp³-hybridized carbons (Fsp3) is 0.300. The molecule has 0 aliphatic rings. The summed E-state index contributed by atoms with van der Waals surface area (Å²) in [5.41, 5.74) is 7.28. The van der Waals surface area contributed by atoms with Crippen LogP contribution in [0.3, 0.4) is 0 Å². The molecular weight excluding hydrogens is 180 g/mol. The Bertz CT molecular complexity index is 415. The maximum Gasteiger partial charge on any atom is 0.233 e. The molecule has 0 spiro atoms. The van der Waals surface area contributed by atoms with Gasteiger partial charge in [-0.3, -0.25) is 0 Å². The Morgan fingerprint density at radius 3 is 2.79 bits per heavy atom. The van der Waals surface area contributed by atoms with Crippen LogP contribution in [0.15, 0.2) is 27.3 Å². The van der Waals surface area contributed by atoms with E-state index in [1.54, 1.807) is 6.26 Å². The zero-order chi connectivity index (χ0) is 10.1. The van der Waals surface area contributed by atoms with E-state index in [1.165, 1.54) is 0 Å². The third kappa shape index (κ3) is 1.28. The van der Waals surface area contributed by atoms with Crippen molar-refractivity contribution in [1.82, 2.24) is 5.16 Å². The van der Waals surface area contributed by atoms with Crippen molar-refractivity contribution in [3.63, 3.8) is 0 Å². The molecule has 2 aromatic rings. The van der Waals surface area contributed by atoms with Gasteiger partial charge in [0.1, 0.15) is 11.3 Å². The van der Waals surface area contributed by atoms with Crippen molar-refractivity contribution in [2.45, 2.75) is 19.8 Å². The fourth-order valence-corrected chi connectivity index (χ4v) is 1.38. The average Bonchev–Trinajstić information content (AvgIpc) is 2.71. The minimum absolute atomic E-state index is 0.260. The van der Waals surface area contributed by atoms with Crippen LogP contribution in [0.25, 0.3) is 11.3 Å². The van der Waals surface area contributed by atoms with Crippen LogP contribution in [-0.4, -0.2) is 5.16 Å². The molecule has 2 aromatic heterocycles. The summed E-state index contributed by atoms with van der Waals surface area (Å²) in [7, 11) is 0. The van der Waals surface area contributed by atoms with Gasteiger partial charge < -0.3 is 14.7 Å². The lowest BCUT2D eigenvalue weighted by atomic mass is 10.0. The molecule has 74 valence electrons. The second kappa shape index (κ2) is 3.21. The first-order valence-electron chi connectivity index (χ1n) is 4.49. The Kier molecular flexibility index (Phi) is 2.04. The zero-order valence-electron chi connectivity index (χ0n) is 8.15. The molecule has 4 heteroatoms. The van der Waals surface area contributed by atoms with Gasteiger partial charge in [0.15, 0.2) is 0 Å². The van der Waals surface area contributed by atoms with E-state index in [-0.39, 0.29) is 5.92 Å². The van der Waals surface area contributed by atoms with E-state index in [9.17, 15) is 0 Å². The second-order valence-electron chi connectivity index (χ2n) is 3.44. The number of nitrogen functional groups attached to an aromatic ring is 1. The quantitative estimate of drug-likeness (QED) is 0.794. The first-order valence-corrected chi connectivity index (χ1v) is 4.49. The molecule has 4 nitrogen and oxygen atoms in total. The Morgan fingerprint density at radius 1 is 1.43 bits per heavy atom. The topological polar surface area (TPSA) is 65.2 Å². The molecule has 0 fully saturated rings. The minimum Gasteiger partial charge on any atom is -0.464 e. The van der Waals surface area contributed by atoms with E-state index in [0.717, 1.165) is 11.3 Å². The molecule has 0 aliphatic carbocycles. The Hall–Kier alpha value is -1.71. The van der Waals surface area contributed by atoms with Crippen LogP contribution in [0.5, 0.6) is 0 Å². The van der Waals surface area contributed by atoms with Gasteiger partial charge in [0, 0.05) is 0 Å². The van der Waals surface area contributed by atoms with Crippen molar-refractivity contribution in [2.24, 2.45) is 0 Å². The SMILES string of the molecule is CC(C)c1noc(N)c1-c1ccco1. The molecule has 2 heterocycles. The number of hydrogen-bond donors (Lipinski definition) is 1. The molecule has 0 atom stereocenters. The predicted octanol–water partition coefficient (Wildman–Crippen LogP) is 2.64. The minimum atomic E-state index is 0.260. The van der Waals surface area contributed by atoms with Crippen molar-refractivity contribution in [3.05, 3.63) is 24.1 Å². The molecule has 0 saturated carbocycles. The lowest BCUT2D eigenvalue weighted by Gasteiger charge is -2.00. The highest BCUT2D eigenvalue weighted by atomic mass is 16.5. The van der Waals surface area contributed by atoms with Crippen molar-refractivity contribution in [2.75, 3.05) is 5.73 Å². The van der Waals surface area contributed by atoms with Crippen LogP contribution < -0.4 is 5.73 Å². The highest BCUT2D eigenvalue weighted by Crippen LogP contribution is 2.33. The van der Waals surface area contributed by atoms with Crippen LogP contribution in [0, 0.1) is 0 Å². The summed E-state index contributed by atoms with van der Waals surface area (Å²) in [6.07, 6.45) is 1.60.